The molecule has 168 valence electrons. The third-order valence-electron chi connectivity index (χ3n) is 6.32. The fourth-order valence-electron chi connectivity index (χ4n) is 4.61. The lowest BCUT2D eigenvalue weighted by Gasteiger charge is -2.20. The van der Waals surface area contributed by atoms with E-state index in [1.54, 1.807) is 18.2 Å². The monoisotopic (exact) mass is 444 g/mol. The maximum absolute atomic E-state index is 12.3. The van der Waals surface area contributed by atoms with Gasteiger partial charge in [-0.05, 0) is 39.4 Å². The molecule has 3 aromatic carbocycles. The third kappa shape index (κ3) is 3.97. The molecule has 0 saturated carbocycles. The summed E-state index contributed by atoms with van der Waals surface area (Å²) in [6, 6.07) is 21.1. The van der Waals surface area contributed by atoms with Gasteiger partial charge in [0.15, 0.2) is 0 Å². The standard InChI is InChI=1S/C26H24N2O5/c29-23(24(30)15-9-10-17-16(11-15)12-27-25(17)31)13-28-26(32)33-14-22-20-7-3-1-5-18(20)19-6-2-4-8-21(19)22/h1-11,22-24,29-30H,12-14H2,(H,27,31)(H,28,32). The van der Waals surface area contributed by atoms with Crippen LogP contribution in [0.3, 0.4) is 0 Å². The molecule has 3 aromatic rings. The molecule has 0 bridgehead atoms. The molecule has 0 fully saturated rings. The van der Waals surface area contributed by atoms with Crippen molar-refractivity contribution in [2.75, 3.05) is 13.2 Å². The largest absolute Gasteiger partial charge is 0.449 e. The van der Waals surface area contributed by atoms with Crippen LogP contribution in [0.2, 0.25) is 0 Å². The third-order valence-corrected chi connectivity index (χ3v) is 6.32. The Morgan fingerprint density at radius 1 is 1.00 bits per heavy atom. The van der Waals surface area contributed by atoms with Crippen molar-refractivity contribution in [3.8, 4) is 11.1 Å². The normalized spacial score (nSPS) is 15.8. The smallest absolute Gasteiger partial charge is 0.407 e. The highest BCUT2D eigenvalue weighted by Crippen LogP contribution is 2.44. The van der Waals surface area contributed by atoms with Crippen LogP contribution < -0.4 is 10.6 Å². The van der Waals surface area contributed by atoms with Gasteiger partial charge in [0.05, 0.1) is 0 Å². The second-order valence-electron chi connectivity index (χ2n) is 8.32. The maximum Gasteiger partial charge on any atom is 0.407 e. The van der Waals surface area contributed by atoms with E-state index in [1.807, 2.05) is 36.4 Å². The van der Waals surface area contributed by atoms with Gasteiger partial charge in [-0.1, -0.05) is 60.7 Å². The molecule has 2 aliphatic rings. The van der Waals surface area contributed by atoms with E-state index in [0.717, 1.165) is 27.8 Å². The summed E-state index contributed by atoms with van der Waals surface area (Å²) in [6.07, 6.45) is -3.10. The quantitative estimate of drug-likeness (QED) is 0.468. The summed E-state index contributed by atoms with van der Waals surface area (Å²) < 4.78 is 5.46. The molecule has 2 unspecified atom stereocenters. The summed E-state index contributed by atoms with van der Waals surface area (Å²) in [7, 11) is 0. The van der Waals surface area contributed by atoms with Crippen LogP contribution >= 0.6 is 0 Å². The van der Waals surface area contributed by atoms with Crippen LogP contribution in [-0.2, 0) is 11.3 Å². The second-order valence-corrected chi connectivity index (χ2v) is 8.32. The first-order chi connectivity index (χ1) is 16.0. The van der Waals surface area contributed by atoms with Crippen molar-refractivity contribution in [1.82, 2.24) is 10.6 Å². The molecule has 0 radical (unpaired) electrons. The van der Waals surface area contributed by atoms with Gasteiger partial charge in [0.2, 0.25) is 0 Å². The number of aliphatic hydroxyl groups is 2. The number of ether oxygens (including phenoxy) is 1. The highest BCUT2D eigenvalue weighted by atomic mass is 16.5. The van der Waals surface area contributed by atoms with Gasteiger partial charge in [-0.15, -0.1) is 0 Å². The van der Waals surface area contributed by atoms with Gasteiger partial charge in [0.1, 0.15) is 18.8 Å². The molecule has 4 N–H and O–H groups in total. The van der Waals surface area contributed by atoms with E-state index in [0.29, 0.717) is 17.7 Å². The first-order valence-electron chi connectivity index (χ1n) is 10.9. The summed E-state index contributed by atoms with van der Waals surface area (Å²) in [5.74, 6) is -0.204. The fourth-order valence-corrected chi connectivity index (χ4v) is 4.61. The predicted octanol–water partition coefficient (Wildman–Crippen LogP) is 2.86. The van der Waals surface area contributed by atoms with E-state index < -0.39 is 18.3 Å². The molecule has 7 heteroatoms. The Morgan fingerprint density at radius 2 is 1.67 bits per heavy atom. The minimum Gasteiger partial charge on any atom is -0.449 e. The summed E-state index contributed by atoms with van der Waals surface area (Å²) in [5.41, 5.74) is 6.34. The molecular weight excluding hydrogens is 420 g/mol. The minimum absolute atomic E-state index is 0.0543. The Hall–Kier alpha value is -3.68. The molecule has 1 heterocycles. The topological polar surface area (TPSA) is 108 Å². The Bertz CT molecular complexity index is 1180. The molecule has 5 rings (SSSR count). The summed E-state index contributed by atoms with van der Waals surface area (Å²) in [5, 5.41) is 26.1. The van der Waals surface area contributed by atoms with Crippen LogP contribution in [0.5, 0.6) is 0 Å². The van der Waals surface area contributed by atoms with Crippen molar-refractivity contribution in [1.29, 1.82) is 0 Å². The zero-order valence-corrected chi connectivity index (χ0v) is 17.8. The Labute approximate surface area is 191 Å². The van der Waals surface area contributed by atoms with Crippen LogP contribution in [0.4, 0.5) is 4.79 Å². The number of carbonyl (C=O) groups excluding carboxylic acids is 2. The molecule has 33 heavy (non-hydrogen) atoms. The molecular formula is C26H24N2O5. The zero-order chi connectivity index (χ0) is 22.9. The van der Waals surface area contributed by atoms with Crippen LogP contribution in [0, 0.1) is 0 Å². The van der Waals surface area contributed by atoms with Gasteiger partial charge in [0.25, 0.3) is 5.91 Å². The molecule has 0 spiro atoms. The van der Waals surface area contributed by atoms with Crippen molar-refractivity contribution in [2.45, 2.75) is 24.7 Å². The zero-order valence-electron chi connectivity index (χ0n) is 17.8. The highest BCUT2D eigenvalue weighted by Gasteiger charge is 2.29. The number of carbonyl (C=O) groups is 2. The van der Waals surface area contributed by atoms with Gasteiger partial charge < -0.3 is 25.6 Å². The van der Waals surface area contributed by atoms with Gasteiger partial charge in [-0.25, -0.2) is 4.79 Å². The molecule has 2 atom stereocenters. The van der Waals surface area contributed by atoms with Crippen LogP contribution in [0.25, 0.3) is 11.1 Å². The lowest BCUT2D eigenvalue weighted by atomic mass is 9.98. The highest BCUT2D eigenvalue weighted by molar-refractivity contribution is 5.98. The molecule has 1 aliphatic heterocycles. The van der Waals surface area contributed by atoms with E-state index in [4.69, 9.17) is 4.74 Å². The number of fused-ring (bicyclic) bond motifs is 4. The minimum atomic E-state index is -1.23. The molecule has 1 aliphatic carbocycles. The van der Waals surface area contributed by atoms with Gasteiger partial charge in [-0.2, -0.15) is 0 Å². The SMILES string of the molecule is O=C(NCC(O)C(O)c1ccc2c(c1)CNC2=O)OCC1c2ccccc2-c2ccccc21. The van der Waals surface area contributed by atoms with E-state index in [1.165, 1.54) is 0 Å². The number of hydrogen-bond acceptors (Lipinski definition) is 5. The molecule has 0 saturated heterocycles. The Balaban J connectivity index is 1.17. The summed E-state index contributed by atoms with van der Waals surface area (Å²) in [6.45, 7) is 0.388. The summed E-state index contributed by atoms with van der Waals surface area (Å²) >= 11 is 0. The van der Waals surface area contributed by atoms with Crippen LogP contribution in [0.15, 0.2) is 66.7 Å². The van der Waals surface area contributed by atoms with Crippen LogP contribution in [0.1, 0.15) is 44.6 Å². The Morgan fingerprint density at radius 3 is 2.36 bits per heavy atom. The van der Waals surface area contributed by atoms with E-state index >= 15 is 0 Å². The lowest BCUT2D eigenvalue weighted by Crippen LogP contribution is -2.36. The van der Waals surface area contributed by atoms with E-state index in [9.17, 15) is 19.8 Å². The summed E-state index contributed by atoms with van der Waals surface area (Å²) in [4.78, 5) is 24.0. The number of hydrogen-bond donors (Lipinski definition) is 4. The second kappa shape index (κ2) is 8.69. The average Bonchev–Trinajstić information content (AvgIpc) is 3.38. The number of amides is 2. The predicted molar refractivity (Wildman–Crippen MR) is 122 cm³/mol. The fraction of sp³-hybridized carbons (Fsp3) is 0.231. The van der Waals surface area contributed by atoms with Crippen molar-refractivity contribution >= 4 is 12.0 Å². The van der Waals surface area contributed by atoms with Crippen molar-refractivity contribution in [2.24, 2.45) is 0 Å². The number of benzene rings is 3. The van der Waals surface area contributed by atoms with Crippen molar-refractivity contribution in [3.05, 3.63) is 94.5 Å². The molecule has 2 amide bonds. The first-order valence-corrected chi connectivity index (χ1v) is 10.9. The van der Waals surface area contributed by atoms with E-state index in [-0.39, 0.29) is 25.0 Å². The first kappa shape index (κ1) is 21.2. The van der Waals surface area contributed by atoms with E-state index in [2.05, 4.69) is 22.8 Å². The lowest BCUT2D eigenvalue weighted by molar-refractivity contribution is 0.0185. The van der Waals surface area contributed by atoms with Gasteiger partial charge in [-0.3, -0.25) is 4.79 Å². The maximum atomic E-state index is 12.3. The molecule has 0 aromatic heterocycles. The van der Waals surface area contributed by atoms with Crippen molar-refractivity contribution < 1.29 is 24.5 Å². The number of nitrogens with one attached hydrogen (secondary N) is 2. The Kier molecular flexibility index (Phi) is 5.58. The van der Waals surface area contributed by atoms with Crippen molar-refractivity contribution in [3.63, 3.8) is 0 Å². The van der Waals surface area contributed by atoms with Gasteiger partial charge >= 0.3 is 6.09 Å². The number of rotatable bonds is 6. The van der Waals surface area contributed by atoms with Crippen LogP contribution in [-0.4, -0.2) is 41.5 Å². The molecule has 7 nitrogen and oxygen atoms in total. The number of aliphatic hydroxyl groups excluding tert-OH is 2. The number of alkyl carbamates (subject to hydrolysis) is 1. The average molecular weight is 444 g/mol. The van der Waals surface area contributed by atoms with Gasteiger partial charge in [0, 0.05) is 24.6 Å².